The number of ketones is 1. The Morgan fingerprint density at radius 2 is 1.57 bits per heavy atom. The summed E-state index contributed by atoms with van der Waals surface area (Å²) >= 11 is 5.96. The highest BCUT2D eigenvalue weighted by Gasteiger charge is 2.12. The molecule has 0 heterocycles. The Bertz CT molecular complexity index is 230. The molecular weight excluding hydrogens is 196 g/mol. The first-order valence-electron chi connectivity index (χ1n) is 5.27. The van der Waals surface area contributed by atoms with Gasteiger partial charge in [0, 0.05) is 6.42 Å². The minimum absolute atomic E-state index is 0.185. The molecule has 1 unspecified atom stereocenters. The highest BCUT2D eigenvalue weighted by Crippen LogP contribution is 2.12. The molecule has 0 saturated carbocycles. The van der Waals surface area contributed by atoms with Crippen LogP contribution >= 0.6 is 11.6 Å². The molecule has 0 spiro atoms. The van der Waals surface area contributed by atoms with Crippen molar-refractivity contribution in [2.75, 3.05) is 0 Å². The molecule has 14 heavy (non-hydrogen) atoms. The van der Waals surface area contributed by atoms with Crippen LogP contribution in [-0.2, 0) is 4.79 Å². The Labute approximate surface area is 90.8 Å². The highest BCUT2D eigenvalue weighted by atomic mass is 35.5. The van der Waals surface area contributed by atoms with Crippen molar-refractivity contribution in [3.05, 3.63) is 24.3 Å². The van der Waals surface area contributed by atoms with E-state index in [1.807, 2.05) is 0 Å². The zero-order valence-electron chi connectivity index (χ0n) is 8.42. The van der Waals surface area contributed by atoms with Gasteiger partial charge >= 0.3 is 0 Å². The van der Waals surface area contributed by atoms with Gasteiger partial charge in [0.1, 0.15) is 0 Å². The Morgan fingerprint density at radius 1 is 1.00 bits per heavy atom. The van der Waals surface area contributed by atoms with E-state index in [2.05, 4.69) is 24.3 Å². The van der Waals surface area contributed by atoms with E-state index in [4.69, 9.17) is 11.6 Å². The fourth-order valence-electron chi connectivity index (χ4n) is 1.45. The standard InChI is InChI=1S/C12H17ClO/c13-11-9-7-5-3-1-2-4-6-8-10-12(11)14/h3-6,11H,1-2,7-10H2/b5-3-,6-4-. The maximum absolute atomic E-state index is 11.4. The van der Waals surface area contributed by atoms with Gasteiger partial charge in [0.25, 0.3) is 0 Å². The number of halogens is 1. The van der Waals surface area contributed by atoms with Gasteiger partial charge in [-0.3, -0.25) is 4.79 Å². The van der Waals surface area contributed by atoms with Gasteiger partial charge < -0.3 is 0 Å². The van der Waals surface area contributed by atoms with Crippen LogP contribution in [-0.4, -0.2) is 11.2 Å². The summed E-state index contributed by atoms with van der Waals surface area (Å²) in [5.74, 6) is 0.185. The van der Waals surface area contributed by atoms with Gasteiger partial charge in [0.15, 0.2) is 5.78 Å². The van der Waals surface area contributed by atoms with Gasteiger partial charge in [-0.15, -0.1) is 11.6 Å². The topological polar surface area (TPSA) is 17.1 Å². The van der Waals surface area contributed by atoms with Crippen molar-refractivity contribution < 1.29 is 4.79 Å². The number of hydrogen-bond donors (Lipinski definition) is 0. The van der Waals surface area contributed by atoms with E-state index >= 15 is 0 Å². The Balaban J connectivity index is 2.45. The lowest BCUT2D eigenvalue weighted by molar-refractivity contribution is -0.118. The molecule has 0 radical (unpaired) electrons. The molecule has 0 amide bonds. The second kappa shape index (κ2) is 6.83. The fraction of sp³-hybridized carbons (Fsp3) is 0.583. The fourth-order valence-corrected chi connectivity index (χ4v) is 1.68. The molecule has 0 bridgehead atoms. The SMILES string of the molecule is O=C1CC/C=C\CC/C=C\CCC1Cl. The van der Waals surface area contributed by atoms with Gasteiger partial charge in [-0.2, -0.15) is 0 Å². The van der Waals surface area contributed by atoms with Gasteiger partial charge in [-0.25, -0.2) is 0 Å². The smallest absolute Gasteiger partial charge is 0.150 e. The van der Waals surface area contributed by atoms with E-state index in [1.165, 1.54) is 0 Å². The molecule has 1 aliphatic carbocycles. The minimum atomic E-state index is -0.285. The van der Waals surface area contributed by atoms with Crippen LogP contribution in [0.3, 0.4) is 0 Å². The van der Waals surface area contributed by atoms with Gasteiger partial charge in [-0.1, -0.05) is 24.3 Å². The monoisotopic (exact) mass is 212 g/mol. The molecule has 0 fully saturated rings. The number of allylic oxidation sites excluding steroid dienone is 4. The molecule has 0 saturated heterocycles. The Morgan fingerprint density at radius 3 is 2.29 bits per heavy atom. The van der Waals surface area contributed by atoms with Crippen LogP contribution in [0.5, 0.6) is 0 Å². The van der Waals surface area contributed by atoms with Crippen LogP contribution in [0, 0.1) is 0 Å². The second-order valence-corrected chi connectivity index (χ2v) is 4.10. The van der Waals surface area contributed by atoms with E-state index in [0.717, 1.165) is 32.1 Å². The lowest BCUT2D eigenvalue weighted by Crippen LogP contribution is -2.13. The van der Waals surface area contributed by atoms with Crippen LogP contribution in [0.4, 0.5) is 0 Å². The van der Waals surface area contributed by atoms with Gasteiger partial charge in [-0.05, 0) is 32.1 Å². The van der Waals surface area contributed by atoms with E-state index < -0.39 is 0 Å². The largest absolute Gasteiger partial charge is 0.298 e. The van der Waals surface area contributed by atoms with E-state index in [0.29, 0.717) is 6.42 Å². The lowest BCUT2D eigenvalue weighted by atomic mass is 10.1. The summed E-state index contributed by atoms with van der Waals surface area (Å²) in [6, 6.07) is 0. The summed E-state index contributed by atoms with van der Waals surface area (Å²) in [5, 5.41) is -0.285. The Hall–Kier alpha value is -0.560. The van der Waals surface area contributed by atoms with E-state index in [1.54, 1.807) is 0 Å². The molecular formula is C12H17ClO. The maximum Gasteiger partial charge on any atom is 0.150 e. The van der Waals surface area contributed by atoms with Crippen LogP contribution in [0.25, 0.3) is 0 Å². The zero-order chi connectivity index (χ0) is 10.2. The lowest BCUT2D eigenvalue weighted by Gasteiger charge is -2.06. The Kier molecular flexibility index (Phi) is 5.62. The molecule has 0 N–H and O–H groups in total. The summed E-state index contributed by atoms with van der Waals surface area (Å²) in [4.78, 5) is 11.4. The molecule has 0 aromatic carbocycles. The predicted molar refractivity (Wildman–Crippen MR) is 60.6 cm³/mol. The van der Waals surface area contributed by atoms with Crippen LogP contribution in [0.1, 0.15) is 38.5 Å². The van der Waals surface area contributed by atoms with Crippen LogP contribution in [0.2, 0.25) is 0 Å². The number of carbonyl (C=O) groups is 1. The van der Waals surface area contributed by atoms with Crippen LogP contribution in [0.15, 0.2) is 24.3 Å². The molecule has 1 atom stereocenters. The molecule has 1 aliphatic rings. The van der Waals surface area contributed by atoms with E-state index in [9.17, 15) is 4.79 Å². The van der Waals surface area contributed by atoms with Crippen molar-refractivity contribution >= 4 is 17.4 Å². The van der Waals surface area contributed by atoms with Crippen LogP contribution < -0.4 is 0 Å². The third kappa shape index (κ3) is 4.61. The molecule has 1 rings (SSSR count). The summed E-state index contributed by atoms with van der Waals surface area (Å²) in [5.41, 5.74) is 0. The van der Waals surface area contributed by atoms with Gasteiger partial charge in [0.05, 0.1) is 5.38 Å². The number of rotatable bonds is 0. The minimum Gasteiger partial charge on any atom is -0.298 e. The first-order valence-corrected chi connectivity index (χ1v) is 5.71. The van der Waals surface area contributed by atoms with Crippen molar-refractivity contribution in [2.24, 2.45) is 0 Å². The van der Waals surface area contributed by atoms with Crippen molar-refractivity contribution in [1.29, 1.82) is 0 Å². The first kappa shape index (κ1) is 11.5. The normalized spacial score (nSPS) is 30.1. The van der Waals surface area contributed by atoms with Crippen molar-refractivity contribution in [3.63, 3.8) is 0 Å². The average Bonchev–Trinajstić information content (AvgIpc) is 2.18. The van der Waals surface area contributed by atoms with Crippen molar-refractivity contribution in [3.8, 4) is 0 Å². The zero-order valence-corrected chi connectivity index (χ0v) is 9.17. The molecule has 0 aliphatic heterocycles. The quantitative estimate of drug-likeness (QED) is 0.443. The average molecular weight is 213 g/mol. The summed E-state index contributed by atoms with van der Waals surface area (Å²) in [7, 11) is 0. The summed E-state index contributed by atoms with van der Waals surface area (Å²) in [6.07, 6.45) is 13.8. The summed E-state index contributed by atoms with van der Waals surface area (Å²) < 4.78 is 0. The summed E-state index contributed by atoms with van der Waals surface area (Å²) in [6.45, 7) is 0. The van der Waals surface area contributed by atoms with Gasteiger partial charge in [0.2, 0.25) is 0 Å². The van der Waals surface area contributed by atoms with E-state index in [-0.39, 0.29) is 11.2 Å². The molecule has 0 aromatic heterocycles. The first-order chi connectivity index (χ1) is 6.80. The third-order valence-electron chi connectivity index (χ3n) is 2.33. The highest BCUT2D eigenvalue weighted by molar-refractivity contribution is 6.31. The van der Waals surface area contributed by atoms with Crippen molar-refractivity contribution in [1.82, 2.24) is 0 Å². The maximum atomic E-state index is 11.4. The third-order valence-corrected chi connectivity index (χ3v) is 2.79. The second-order valence-electron chi connectivity index (χ2n) is 3.57. The van der Waals surface area contributed by atoms with Crippen molar-refractivity contribution in [2.45, 2.75) is 43.9 Å². The molecule has 2 heteroatoms. The number of carbonyl (C=O) groups excluding carboxylic acids is 1. The number of Topliss-reactive ketones (excluding diaryl/α,β-unsaturated/α-hetero) is 1. The molecule has 1 nitrogen and oxygen atoms in total. The predicted octanol–water partition coefficient (Wildman–Crippen LogP) is 3.63. The number of hydrogen-bond acceptors (Lipinski definition) is 1. The number of alkyl halides is 1. The molecule has 0 aromatic rings. The molecule has 78 valence electrons.